The van der Waals surface area contributed by atoms with E-state index in [9.17, 15) is 0 Å². The lowest BCUT2D eigenvalue weighted by molar-refractivity contribution is 0.132. The predicted molar refractivity (Wildman–Crippen MR) is 91.4 cm³/mol. The Bertz CT molecular complexity index is 621. The summed E-state index contributed by atoms with van der Waals surface area (Å²) >= 11 is 0. The Morgan fingerprint density at radius 3 is 2.86 bits per heavy atom. The molecule has 22 heavy (non-hydrogen) atoms. The topological polar surface area (TPSA) is 37.4 Å². The van der Waals surface area contributed by atoms with E-state index in [4.69, 9.17) is 4.74 Å². The number of ether oxygens (including phenoxy) is 1. The summed E-state index contributed by atoms with van der Waals surface area (Å²) in [5.41, 5.74) is 3.55. The van der Waals surface area contributed by atoms with Gasteiger partial charge in [-0.2, -0.15) is 0 Å². The normalized spacial score (nSPS) is 17.0. The minimum Gasteiger partial charge on any atom is -0.383 e. The standard InChI is InChI=1S/C18H25N3O/c1-14-3-4-17-16(13-14)18(5-8-19-17)20-15-6-9-21(10-7-15)11-12-22-2/h3-5,8,13,15H,6-7,9-12H2,1-2H3,(H,19,20). The molecule has 2 heterocycles. The summed E-state index contributed by atoms with van der Waals surface area (Å²) in [7, 11) is 1.77. The Labute approximate surface area is 132 Å². The van der Waals surface area contributed by atoms with Crippen molar-refractivity contribution < 1.29 is 4.74 Å². The summed E-state index contributed by atoms with van der Waals surface area (Å²) in [4.78, 5) is 6.94. The number of nitrogens with one attached hydrogen (secondary N) is 1. The fraction of sp³-hybridized carbons (Fsp3) is 0.500. The molecule has 4 nitrogen and oxygen atoms in total. The summed E-state index contributed by atoms with van der Waals surface area (Å²) in [6.45, 7) is 6.28. The molecular weight excluding hydrogens is 274 g/mol. The summed E-state index contributed by atoms with van der Waals surface area (Å²) in [6.07, 6.45) is 4.26. The number of pyridine rings is 1. The number of aryl methyl sites for hydroxylation is 1. The molecule has 0 bridgehead atoms. The first-order valence-corrected chi connectivity index (χ1v) is 8.09. The molecule has 1 aliphatic rings. The predicted octanol–water partition coefficient (Wildman–Crippen LogP) is 3.07. The van der Waals surface area contributed by atoms with Gasteiger partial charge in [0.15, 0.2) is 0 Å². The van der Waals surface area contributed by atoms with Crippen molar-refractivity contribution in [2.24, 2.45) is 0 Å². The summed E-state index contributed by atoms with van der Waals surface area (Å²) in [5, 5.41) is 4.96. The van der Waals surface area contributed by atoms with E-state index in [1.54, 1.807) is 7.11 Å². The van der Waals surface area contributed by atoms with Gasteiger partial charge in [0.2, 0.25) is 0 Å². The fourth-order valence-electron chi connectivity index (χ4n) is 3.13. The Morgan fingerprint density at radius 2 is 2.09 bits per heavy atom. The van der Waals surface area contributed by atoms with E-state index in [0.717, 1.165) is 31.8 Å². The van der Waals surface area contributed by atoms with Crippen LogP contribution < -0.4 is 5.32 Å². The number of nitrogens with zero attached hydrogens (tertiary/aromatic N) is 2. The average Bonchev–Trinajstić information content (AvgIpc) is 2.55. The van der Waals surface area contributed by atoms with Gasteiger partial charge in [-0.3, -0.25) is 4.98 Å². The second kappa shape index (κ2) is 7.07. The minimum atomic E-state index is 0.546. The first kappa shape index (κ1) is 15.3. The van der Waals surface area contributed by atoms with Crippen molar-refractivity contribution in [2.75, 3.05) is 38.7 Å². The molecule has 1 fully saturated rings. The molecule has 3 rings (SSSR count). The lowest BCUT2D eigenvalue weighted by Crippen LogP contribution is -2.40. The largest absolute Gasteiger partial charge is 0.383 e. The number of anilines is 1. The fourth-order valence-corrected chi connectivity index (χ4v) is 3.13. The SMILES string of the molecule is COCCN1CCC(Nc2ccnc3ccc(C)cc23)CC1. The van der Waals surface area contributed by atoms with Crippen molar-refractivity contribution in [3.8, 4) is 0 Å². The van der Waals surface area contributed by atoms with Crippen LogP contribution in [0.5, 0.6) is 0 Å². The number of rotatable bonds is 5. The van der Waals surface area contributed by atoms with Gasteiger partial charge in [-0.15, -0.1) is 0 Å². The first-order chi connectivity index (χ1) is 10.8. The lowest BCUT2D eigenvalue weighted by Gasteiger charge is -2.32. The number of methoxy groups -OCH3 is 1. The monoisotopic (exact) mass is 299 g/mol. The molecule has 0 aliphatic carbocycles. The number of hydrogen-bond acceptors (Lipinski definition) is 4. The van der Waals surface area contributed by atoms with Crippen LogP contribution in [0.4, 0.5) is 5.69 Å². The first-order valence-electron chi connectivity index (χ1n) is 8.09. The van der Waals surface area contributed by atoms with Crippen LogP contribution in [0.1, 0.15) is 18.4 Å². The van der Waals surface area contributed by atoms with Gasteiger partial charge in [-0.25, -0.2) is 0 Å². The number of hydrogen-bond donors (Lipinski definition) is 1. The number of fused-ring (bicyclic) bond motifs is 1. The van der Waals surface area contributed by atoms with E-state index in [-0.39, 0.29) is 0 Å². The quantitative estimate of drug-likeness (QED) is 0.921. The maximum absolute atomic E-state index is 5.16. The number of piperidine rings is 1. The van der Waals surface area contributed by atoms with Crippen LogP contribution in [-0.2, 0) is 4.74 Å². The molecule has 1 aliphatic heterocycles. The molecule has 2 aromatic rings. The molecule has 0 amide bonds. The van der Waals surface area contributed by atoms with Gasteiger partial charge in [0.25, 0.3) is 0 Å². The smallest absolute Gasteiger partial charge is 0.0722 e. The van der Waals surface area contributed by atoms with E-state index >= 15 is 0 Å². The number of likely N-dealkylation sites (tertiary alicyclic amines) is 1. The third kappa shape index (κ3) is 3.57. The van der Waals surface area contributed by atoms with Gasteiger partial charge < -0.3 is 15.0 Å². The van der Waals surface area contributed by atoms with Crippen LogP contribution in [0, 0.1) is 6.92 Å². The molecule has 1 aromatic heterocycles. The lowest BCUT2D eigenvalue weighted by atomic mass is 10.0. The van der Waals surface area contributed by atoms with Crippen LogP contribution in [0.2, 0.25) is 0 Å². The molecule has 1 N–H and O–H groups in total. The summed E-state index contributed by atoms with van der Waals surface area (Å²) < 4.78 is 5.16. The van der Waals surface area contributed by atoms with Crippen LogP contribution in [0.3, 0.4) is 0 Å². The van der Waals surface area contributed by atoms with Gasteiger partial charge in [-0.1, -0.05) is 11.6 Å². The van der Waals surface area contributed by atoms with E-state index in [0.29, 0.717) is 6.04 Å². The maximum atomic E-state index is 5.16. The third-order valence-electron chi connectivity index (χ3n) is 4.46. The summed E-state index contributed by atoms with van der Waals surface area (Å²) in [6, 6.07) is 9.08. The van der Waals surface area contributed by atoms with Crippen LogP contribution in [0.15, 0.2) is 30.5 Å². The van der Waals surface area contributed by atoms with Crippen LogP contribution in [-0.4, -0.2) is 49.3 Å². The second-order valence-electron chi connectivity index (χ2n) is 6.13. The third-order valence-corrected chi connectivity index (χ3v) is 4.46. The molecule has 0 atom stereocenters. The Hall–Kier alpha value is -1.65. The van der Waals surface area contributed by atoms with E-state index < -0.39 is 0 Å². The zero-order valence-electron chi connectivity index (χ0n) is 13.5. The molecule has 118 valence electrons. The van der Waals surface area contributed by atoms with Crippen molar-refractivity contribution in [1.82, 2.24) is 9.88 Å². The van der Waals surface area contributed by atoms with Gasteiger partial charge in [0.05, 0.1) is 12.1 Å². The highest BCUT2D eigenvalue weighted by molar-refractivity contribution is 5.91. The molecular formula is C18H25N3O. The van der Waals surface area contributed by atoms with Gasteiger partial charge >= 0.3 is 0 Å². The zero-order chi connectivity index (χ0) is 15.4. The maximum Gasteiger partial charge on any atom is 0.0722 e. The van der Waals surface area contributed by atoms with Crippen molar-refractivity contribution in [3.63, 3.8) is 0 Å². The van der Waals surface area contributed by atoms with Gasteiger partial charge in [0.1, 0.15) is 0 Å². The van der Waals surface area contributed by atoms with Crippen molar-refractivity contribution in [1.29, 1.82) is 0 Å². The van der Waals surface area contributed by atoms with Crippen molar-refractivity contribution in [2.45, 2.75) is 25.8 Å². The number of aromatic nitrogens is 1. The summed E-state index contributed by atoms with van der Waals surface area (Å²) in [5.74, 6) is 0. The minimum absolute atomic E-state index is 0.546. The highest BCUT2D eigenvalue weighted by atomic mass is 16.5. The average molecular weight is 299 g/mol. The van der Waals surface area contributed by atoms with Gasteiger partial charge in [-0.05, 0) is 38.0 Å². The highest BCUT2D eigenvalue weighted by Crippen LogP contribution is 2.25. The number of benzene rings is 1. The molecule has 0 spiro atoms. The molecule has 4 heteroatoms. The zero-order valence-corrected chi connectivity index (χ0v) is 13.5. The molecule has 0 unspecified atom stereocenters. The van der Waals surface area contributed by atoms with E-state index in [2.05, 4.69) is 46.4 Å². The Morgan fingerprint density at radius 1 is 1.27 bits per heavy atom. The van der Waals surface area contributed by atoms with E-state index in [1.165, 1.54) is 29.5 Å². The molecule has 0 saturated carbocycles. The van der Waals surface area contributed by atoms with Crippen LogP contribution >= 0.6 is 0 Å². The molecule has 1 saturated heterocycles. The van der Waals surface area contributed by atoms with E-state index in [1.807, 2.05) is 6.20 Å². The Kier molecular flexibility index (Phi) is 4.90. The second-order valence-corrected chi connectivity index (χ2v) is 6.13. The van der Waals surface area contributed by atoms with Crippen molar-refractivity contribution in [3.05, 3.63) is 36.0 Å². The van der Waals surface area contributed by atoms with Gasteiger partial charge in [0, 0.05) is 50.1 Å². The molecule has 1 aromatic carbocycles. The van der Waals surface area contributed by atoms with Crippen molar-refractivity contribution >= 4 is 16.6 Å². The Balaban J connectivity index is 1.66. The highest BCUT2D eigenvalue weighted by Gasteiger charge is 2.19. The van der Waals surface area contributed by atoms with Crippen LogP contribution in [0.25, 0.3) is 10.9 Å². The molecule has 0 radical (unpaired) electrons.